The first-order valence-corrected chi connectivity index (χ1v) is 9.80. The van der Waals surface area contributed by atoms with Gasteiger partial charge in [0.15, 0.2) is 0 Å². The van der Waals surface area contributed by atoms with Crippen LogP contribution in [0.4, 0.5) is 0 Å². The van der Waals surface area contributed by atoms with Crippen LogP contribution in [0.25, 0.3) is 0 Å². The van der Waals surface area contributed by atoms with Crippen molar-refractivity contribution in [3.05, 3.63) is 65.7 Å². The van der Waals surface area contributed by atoms with E-state index in [0.29, 0.717) is 0 Å². The maximum atomic E-state index is 5.29. The molecule has 128 valence electrons. The zero-order valence-corrected chi connectivity index (χ0v) is 15.4. The Balaban J connectivity index is 1.95. The smallest absolute Gasteiger partial charge is 0.0592 e. The minimum Gasteiger partial charge on any atom is -0.385 e. The van der Waals surface area contributed by atoms with E-state index >= 15 is 0 Å². The zero-order valence-electron chi connectivity index (χ0n) is 14.6. The van der Waals surface area contributed by atoms with Crippen LogP contribution in [0.15, 0.2) is 59.5 Å². The standard InChI is InChI=1S/C21H27NOS/c1-3-21(14-9-15-23-2)16-24-19-13-8-7-12-18(19)20(22-21)17-10-5-4-6-11-17/h4-8,10-13,20,22H,3,9,14-16H2,1-2H3/t20-,21-/m0/s1. The summed E-state index contributed by atoms with van der Waals surface area (Å²) in [6.45, 7) is 3.13. The van der Waals surface area contributed by atoms with Crippen LogP contribution in [0, 0.1) is 0 Å². The van der Waals surface area contributed by atoms with Crippen molar-refractivity contribution in [3.8, 4) is 0 Å². The van der Waals surface area contributed by atoms with Gasteiger partial charge in [0, 0.05) is 29.9 Å². The minimum absolute atomic E-state index is 0.142. The van der Waals surface area contributed by atoms with Crippen molar-refractivity contribution in [1.82, 2.24) is 5.32 Å². The summed E-state index contributed by atoms with van der Waals surface area (Å²) in [5.41, 5.74) is 2.88. The van der Waals surface area contributed by atoms with Crippen molar-refractivity contribution >= 4 is 11.8 Å². The third kappa shape index (κ3) is 3.85. The van der Waals surface area contributed by atoms with E-state index in [1.165, 1.54) is 16.0 Å². The maximum Gasteiger partial charge on any atom is 0.0592 e. The molecule has 2 aromatic carbocycles. The van der Waals surface area contributed by atoms with Crippen LogP contribution in [-0.4, -0.2) is 25.0 Å². The first-order chi connectivity index (χ1) is 11.8. The van der Waals surface area contributed by atoms with Gasteiger partial charge in [-0.05, 0) is 36.5 Å². The van der Waals surface area contributed by atoms with Gasteiger partial charge in [0.1, 0.15) is 0 Å². The van der Waals surface area contributed by atoms with E-state index in [4.69, 9.17) is 4.74 Å². The third-order valence-corrected chi connectivity index (χ3v) is 6.38. The molecule has 0 saturated heterocycles. The fourth-order valence-electron chi connectivity index (χ4n) is 3.48. The topological polar surface area (TPSA) is 21.3 Å². The van der Waals surface area contributed by atoms with Crippen molar-refractivity contribution in [2.45, 2.75) is 42.7 Å². The average molecular weight is 342 g/mol. The molecule has 0 saturated carbocycles. The Morgan fingerprint density at radius 3 is 2.62 bits per heavy atom. The molecule has 24 heavy (non-hydrogen) atoms. The molecule has 1 aliphatic rings. The molecule has 0 radical (unpaired) electrons. The van der Waals surface area contributed by atoms with Gasteiger partial charge in [0.05, 0.1) is 6.04 Å². The lowest BCUT2D eigenvalue weighted by atomic mass is 9.88. The van der Waals surface area contributed by atoms with E-state index < -0.39 is 0 Å². The van der Waals surface area contributed by atoms with Gasteiger partial charge in [-0.1, -0.05) is 55.5 Å². The number of benzene rings is 2. The van der Waals surface area contributed by atoms with E-state index in [-0.39, 0.29) is 11.6 Å². The molecular formula is C21H27NOS. The van der Waals surface area contributed by atoms with Gasteiger partial charge in [-0.2, -0.15) is 0 Å². The highest BCUT2D eigenvalue weighted by molar-refractivity contribution is 7.99. The molecule has 0 aromatic heterocycles. The summed E-state index contributed by atoms with van der Waals surface area (Å²) < 4.78 is 5.29. The van der Waals surface area contributed by atoms with E-state index in [9.17, 15) is 0 Å². The second kappa shape index (κ2) is 8.19. The molecule has 0 fully saturated rings. The van der Waals surface area contributed by atoms with Crippen LogP contribution in [0.3, 0.4) is 0 Å². The SMILES string of the molecule is CC[C@]1(CCCOC)CSc2ccccc2[C@H](c2ccccc2)N1. The number of nitrogens with one attached hydrogen (secondary N) is 1. The molecule has 0 spiro atoms. The number of ether oxygens (including phenoxy) is 1. The number of hydrogen-bond donors (Lipinski definition) is 1. The number of hydrogen-bond acceptors (Lipinski definition) is 3. The lowest BCUT2D eigenvalue weighted by Crippen LogP contribution is -2.48. The molecule has 0 amide bonds. The highest BCUT2D eigenvalue weighted by Gasteiger charge is 2.35. The molecule has 1 heterocycles. The Hall–Kier alpha value is -1.29. The van der Waals surface area contributed by atoms with Crippen molar-refractivity contribution < 1.29 is 4.74 Å². The summed E-state index contributed by atoms with van der Waals surface area (Å²) in [7, 11) is 1.79. The Labute approximate surface area is 150 Å². The van der Waals surface area contributed by atoms with Gasteiger partial charge in [-0.15, -0.1) is 11.8 Å². The number of thioether (sulfide) groups is 1. The third-order valence-electron chi connectivity index (χ3n) is 5.00. The molecule has 0 bridgehead atoms. The quantitative estimate of drug-likeness (QED) is 0.743. The Morgan fingerprint density at radius 1 is 1.12 bits per heavy atom. The predicted octanol–water partition coefficient (Wildman–Crippen LogP) is 5.05. The van der Waals surface area contributed by atoms with Crippen molar-refractivity contribution in [1.29, 1.82) is 0 Å². The fraction of sp³-hybridized carbons (Fsp3) is 0.429. The highest BCUT2D eigenvalue weighted by Crippen LogP contribution is 2.40. The summed E-state index contributed by atoms with van der Waals surface area (Å²) in [6, 6.07) is 19.9. The lowest BCUT2D eigenvalue weighted by molar-refractivity contribution is 0.176. The predicted molar refractivity (Wildman–Crippen MR) is 103 cm³/mol. The van der Waals surface area contributed by atoms with E-state index in [1.807, 2.05) is 11.8 Å². The number of methoxy groups -OCH3 is 1. The van der Waals surface area contributed by atoms with Crippen LogP contribution in [-0.2, 0) is 4.74 Å². The molecule has 3 heteroatoms. The maximum absolute atomic E-state index is 5.29. The number of fused-ring (bicyclic) bond motifs is 1. The monoisotopic (exact) mass is 341 g/mol. The van der Waals surface area contributed by atoms with Gasteiger partial charge < -0.3 is 4.74 Å². The summed E-state index contributed by atoms with van der Waals surface area (Å²) in [6.07, 6.45) is 3.36. The molecule has 3 rings (SSSR count). The Bertz CT molecular complexity index is 645. The summed E-state index contributed by atoms with van der Waals surface area (Å²) in [4.78, 5) is 1.40. The molecular weight excluding hydrogens is 314 g/mol. The lowest BCUT2D eigenvalue weighted by Gasteiger charge is -2.36. The second-order valence-electron chi connectivity index (χ2n) is 6.54. The molecule has 1 aliphatic heterocycles. The Morgan fingerprint density at radius 2 is 1.88 bits per heavy atom. The van der Waals surface area contributed by atoms with Crippen LogP contribution in [0.1, 0.15) is 43.4 Å². The van der Waals surface area contributed by atoms with Gasteiger partial charge in [-0.25, -0.2) is 0 Å². The van der Waals surface area contributed by atoms with Crippen molar-refractivity contribution in [2.75, 3.05) is 19.5 Å². The van der Waals surface area contributed by atoms with Crippen molar-refractivity contribution in [3.63, 3.8) is 0 Å². The fourth-order valence-corrected chi connectivity index (χ4v) is 4.87. The van der Waals surface area contributed by atoms with Gasteiger partial charge in [-0.3, -0.25) is 5.32 Å². The van der Waals surface area contributed by atoms with Gasteiger partial charge in [0.25, 0.3) is 0 Å². The van der Waals surface area contributed by atoms with Crippen LogP contribution < -0.4 is 5.32 Å². The van der Waals surface area contributed by atoms with Crippen molar-refractivity contribution in [2.24, 2.45) is 0 Å². The minimum atomic E-state index is 0.142. The van der Waals surface area contributed by atoms with Crippen LogP contribution in [0.5, 0.6) is 0 Å². The van der Waals surface area contributed by atoms with Crippen LogP contribution in [0.2, 0.25) is 0 Å². The van der Waals surface area contributed by atoms with E-state index in [1.54, 1.807) is 7.11 Å². The molecule has 0 aliphatic carbocycles. The number of rotatable bonds is 6. The molecule has 1 N–H and O–H groups in total. The van der Waals surface area contributed by atoms with Gasteiger partial charge >= 0.3 is 0 Å². The van der Waals surface area contributed by atoms with E-state index in [0.717, 1.165) is 31.6 Å². The summed E-state index contributed by atoms with van der Waals surface area (Å²) in [5, 5.41) is 4.03. The molecule has 2 atom stereocenters. The Kier molecular flexibility index (Phi) is 5.99. The van der Waals surface area contributed by atoms with Crippen LogP contribution >= 0.6 is 11.8 Å². The highest BCUT2D eigenvalue weighted by atomic mass is 32.2. The molecule has 0 unspecified atom stereocenters. The first-order valence-electron chi connectivity index (χ1n) is 8.81. The first kappa shape index (κ1) is 17.5. The normalized spacial score (nSPS) is 23.5. The van der Waals surface area contributed by atoms with Gasteiger partial charge in [0.2, 0.25) is 0 Å². The second-order valence-corrected chi connectivity index (χ2v) is 7.56. The zero-order chi connectivity index (χ0) is 16.8. The van der Waals surface area contributed by atoms with E-state index in [2.05, 4.69) is 66.8 Å². The molecule has 2 aromatic rings. The molecule has 2 nitrogen and oxygen atoms in total. The largest absolute Gasteiger partial charge is 0.385 e. The summed E-state index contributed by atoms with van der Waals surface area (Å²) in [5.74, 6) is 1.10. The summed E-state index contributed by atoms with van der Waals surface area (Å²) >= 11 is 1.99. The average Bonchev–Trinajstić information content (AvgIpc) is 2.81.